The van der Waals surface area contributed by atoms with Crippen molar-refractivity contribution in [3.8, 4) is 0 Å². The smallest absolute Gasteiger partial charge is 0.219 e. The Balaban J connectivity index is 3.96. The maximum Gasteiger partial charge on any atom is 0.219 e. The molecule has 13 heavy (non-hydrogen) atoms. The highest BCUT2D eigenvalue weighted by Crippen LogP contribution is 1.99. The maximum absolute atomic E-state index is 10.9. The van der Waals surface area contributed by atoms with E-state index in [-0.39, 0.29) is 11.4 Å². The number of carbonyl (C=O) groups excluding carboxylic acids is 1. The fourth-order valence-corrected chi connectivity index (χ4v) is 1.28. The summed E-state index contributed by atoms with van der Waals surface area (Å²) >= 11 is 5.09. The van der Waals surface area contributed by atoms with Crippen LogP contribution < -0.4 is 5.32 Å². The first-order valence-corrected chi connectivity index (χ1v) is 4.66. The zero-order valence-electron chi connectivity index (χ0n) is 8.97. The van der Waals surface area contributed by atoms with Gasteiger partial charge in [0.2, 0.25) is 5.91 Å². The van der Waals surface area contributed by atoms with Crippen LogP contribution in [0.4, 0.5) is 0 Å². The summed E-state index contributed by atoms with van der Waals surface area (Å²) in [6.07, 6.45) is 0. The van der Waals surface area contributed by atoms with Crippen LogP contribution in [0, 0.1) is 0 Å². The molecule has 0 radical (unpaired) electrons. The third-order valence-corrected chi connectivity index (χ3v) is 1.66. The van der Waals surface area contributed by atoms with Gasteiger partial charge in [0.1, 0.15) is 0 Å². The van der Waals surface area contributed by atoms with Crippen molar-refractivity contribution in [2.75, 3.05) is 13.6 Å². The molecule has 3 nitrogen and oxygen atoms in total. The van der Waals surface area contributed by atoms with Gasteiger partial charge in [0.05, 0.1) is 11.5 Å². The molecule has 0 heterocycles. The highest BCUT2D eigenvalue weighted by atomic mass is 32.1. The Labute approximate surface area is 85.5 Å². The molecule has 0 aliphatic rings. The fourth-order valence-electron chi connectivity index (χ4n) is 0.785. The number of carbonyl (C=O) groups is 1. The van der Waals surface area contributed by atoms with Crippen molar-refractivity contribution < 1.29 is 4.79 Å². The van der Waals surface area contributed by atoms with Crippen molar-refractivity contribution in [2.45, 2.75) is 33.2 Å². The molecule has 0 spiro atoms. The van der Waals surface area contributed by atoms with Gasteiger partial charge >= 0.3 is 0 Å². The van der Waals surface area contributed by atoms with Crippen molar-refractivity contribution in [3.63, 3.8) is 0 Å². The van der Waals surface area contributed by atoms with E-state index in [2.05, 4.69) is 5.32 Å². The van der Waals surface area contributed by atoms with Gasteiger partial charge in [0.15, 0.2) is 0 Å². The number of amides is 1. The average molecular weight is 202 g/mol. The van der Waals surface area contributed by atoms with E-state index in [0.717, 1.165) is 0 Å². The number of nitrogens with zero attached hydrogens (tertiary/aromatic N) is 1. The van der Waals surface area contributed by atoms with Crippen LogP contribution >= 0.6 is 12.2 Å². The molecule has 0 aromatic rings. The number of rotatable bonds is 2. The third-order valence-electron chi connectivity index (χ3n) is 1.43. The van der Waals surface area contributed by atoms with Crippen molar-refractivity contribution in [1.82, 2.24) is 10.2 Å². The van der Waals surface area contributed by atoms with Gasteiger partial charge in [-0.3, -0.25) is 4.79 Å². The molecule has 0 saturated heterocycles. The van der Waals surface area contributed by atoms with E-state index in [1.807, 2.05) is 20.8 Å². The van der Waals surface area contributed by atoms with Crippen LogP contribution in [0.15, 0.2) is 0 Å². The van der Waals surface area contributed by atoms with Crippen LogP contribution in [0.2, 0.25) is 0 Å². The van der Waals surface area contributed by atoms with Crippen LogP contribution in [0.25, 0.3) is 0 Å². The van der Waals surface area contributed by atoms with Gasteiger partial charge < -0.3 is 10.2 Å². The summed E-state index contributed by atoms with van der Waals surface area (Å²) in [7, 11) is 1.74. The molecule has 0 aromatic heterocycles. The highest BCUT2D eigenvalue weighted by molar-refractivity contribution is 7.80. The van der Waals surface area contributed by atoms with Gasteiger partial charge in [-0.1, -0.05) is 12.2 Å². The summed E-state index contributed by atoms with van der Waals surface area (Å²) in [6, 6.07) is 0. The molecule has 0 fully saturated rings. The Kier molecular flexibility index (Phi) is 4.33. The molecule has 0 rings (SSSR count). The number of nitrogens with one attached hydrogen (secondary N) is 1. The van der Waals surface area contributed by atoms with Gasteiger partial charge in [0, 0.05) is 19.5 Å². The first-order chi connectivity index (χ1) is 5.72. The van der Waals surface area contributed by atoms with E-state index in [0.29, 0.717) is 11.5 Å². The molecule has 0 bridgehead atoms. The Morgan fingerprint density at radius 2 is 1.92 bits per heavy atom. The van der Waals surface area contributed by atoms with Crippen LogP contribution in [-0.2, 0) is 4.79 Å². The lowest BCUT2D eigenvalue weighted by Gasteiger charge is -2.24. The lowest BCUT2D eigenvalue weighted by molar-refractivity contribution is -0.126. The minimum atomic E-state index is -0.0330. The predicted octanol–water partition coefficient (Wildman–Crippen LogP) is 1.18. The molecule has 0 aliphatic carbocycles. The molecule has 0 unspecified atom stereocenters. The van der Waals surface area contributed by atoms with Gasteiger partial charge in [0.25, 0.3) is 0 Å². The van der Waals surface area contributed by atoms with E-state index in [9.17, 15) is 4.79 Å². The zero-order valence-corrected chi connectivity index (χ0v) is 9.79. The molecule has 0 saturated carbocycles. The Morgan fingerprint density at radius 1 is 1.46 bits per heavy atom. The Morgan fingerprint density at radius 3 is 2.23 bits per heavy atom. The number of likely N-dealkylation sites (N-methyl/N-ethyl adjacent to an activating group) is 1. The van der Waals surface area contributed by atoms with Crippen LogP contribution in [0.5, 0.6) is 0 Å². The normalized spacial score (nSPS) is 10.8. The molecule has 76 valence electrons. The molecule has 4 heteroatoms. The maximum atomic E-state index is 10.9. The molecule has 0 atom stereocenters. The summed E-state index contributed by atoms with van der Waals surface area (Å²) in [6.45, 7) is 8.12. The van der Waals surface area contributed by atoms with E-state index in [1.54, 1.807) is 11.9 Å². The molecule has 1 amide bonds. The predicted molar refractivity (Wildman–Crippen MR) is 58.8 cm³/mol. The lowest BCUT2D eigenvalue weighted by Crippen LogP contribution is -2.45. The second kappa shape index (κ2) is 4.56. The summed E-state index contributed by atoms with van der Waals surface area (Å²) in [5.74, 6) is 0.0260. The summed E-state index contributed by atoms with van der Waals surface area (Å²) in [5, 5.41) is 3.14. The van der Waals surface area contributed by atoms with Gasteiger partial charge in [-0.15, -0.1) is 0 Å². The minimum absolute atomic E-state index is 0.0260. The first-order valence-electron chi connectivity index (χ1n) is 4.25. The number of thiocarbonyl (C=S) groups is 1. The molecule has 1 N–H and O–H groups in total. The van der Waals surface area contributed by atoms with E-state index in [4.69, 9.17) is 12.2 Å². The Hall–Kier alpha value is -0.640. The summed E-state index contributed by atoms with van der Waals surface area (Å²) < 4.78 is 0. The minimum Gasteiger partial charge on any atom is -0.374 e. The van der Waals surface area contributed by atoms with Crippen molar-refractivity contribution in [3.05, 3.63) is 0 Å². The SMILES string of the molecule is CC(=O)N(C)CC(=S)NC(C)(C)C. The summed E-state index contributed by atoms with van der Waals surface area (Å²) in [4.78, 5) is 13.2. The third kappa shape index (κ3) is 6.51. The van der Waals surface area contributed by atoms with Crippen LogP contribution in [0.3, 0.4) is 0 Å². The highest BCUT2D eigenvalue weighted by Gasteiger charge is 2.12. The quantitative estimate of drug-likeness (QED) is 0.682. The topological polar surface area (TPSA) is 32.3 Å². The largest absolute Gasteiger partial charge is 0.374 e. The van der Waals surface area contributed by atoms with Gasteiger partial charge in [-0.2, -0.15) is 0 Å². The fraction of sp³-hybridized carbons (Fsp3) is 0.778. The zero-order chi connectivity index (χ0) is 10.6. The van der Waals surface area contributed by atoms with Gasteiger partial charge in [-0.25, -0.2) is 0 Å². The second-order valence-electron chi connectivity index (χ2n) is 4.17. The van der Waals surface area contributed by atoms with Crippen molar-refractivity contribution in [1.29, 1.82) is 0 Å². The lowest BCUT2D eigenvalue weighted by atomic mass is 10.1. The first kappa shape index (κ1) is 12.4. The molecule has 0 aromatic carbocycles. The van der Waals surface area contributed by atoms with E-state index < -0.39 is 0 Å². The molecular formula is C9H18N2OS. The second-order valence-corrected chi connectivity index (χ2v) is 4.67. The standard InChI is InChI=1S/C9H18N2OS/c1-7(12)11(5)6-8(13)10-9(2,3)4/h6H2,1-5H3,(H,10,13). The molecule has 0 aliphatic heterocycles. The van der Waals surface area contributed by atoms with Crippen LogP contribution in [-0.4, -0.2) is 34.9 Å². The van der Waals surface area contributed by atoms with E-state index >= 15 is 0 Å². The van der Waals surface area contributed by atoms with Crippen molar-refractivity contribution in [2.24, 2.45) is 0 Å². The van der Waals surface area contributed by atoms with Crippen molar-refractivity contribution >= 4 is 23.1 Å². The summed E-state index contributed by atoms with van der Waals surface area (Å²) in [5.41, 5.74) is -0.0330. The molecular weight excluding hydrogens is 184 g/mol. The van der Waals surface area contributed by atoms with Crippen LogP contribution in [0.1, 0.15) is 27.7 Å². The number of hydrogen-bond acceptors (Lipinski definition) is 2. The Bertz CT molecular complexity index is 208. The van der Waals surface area contributed by atoms with E-state index in [1.165, 1.54) is 6.92 Å². The monoisotopic (exact) mass is 202 g/mol. The van der Waals surface area contributed by atoms with Gasteiger partial charge in [-0.05, 0) is 20.8 Å². The average Bonchev–Trinajstić information content (AvgIpc) is 1.81. The number of hydrogen-bond donors (Lipinski definition) is 1.